The molecule has 0 N–H and O–H groups in total. The topological polar surface area (TPSA) is 34.9 Å². The third-order valence-corrected chi connectivity index (χ3v) is 8.21. The summed E-state index contributed by atoms with van der Waals surface area (Å²) in [5.41, 5.74) is 4.33. The van der Waals surface area contributed by atoms with E-state index in [0.29, 0.717) is 0 Å². The van der Waals surface area contributed by atoms with Gasteiger partial charge in [0.2, 0.25) is 0 Å². The van der Waals surface area contributed by atoms with E-state index in [1.165, 1.54) is 21.2 Å². The van der Waals surface area contributed by atoms with E-state index in [2.05, 4.69) is 75.4 Å². The van der Waals surface area contributed by atoms with Crippen LogP contribution >= 0.6 is 23.1 Å². The molecule has 0 aliphatic rings. The quantitative estimate of drug-likeness (QED) is 0.191. The van der Waals surface area contributed by atoms with Crippen LogP contribution in [0.25, 0.3) is 26.7 Å². The minimum absolute atomic E-state index is 0.0303. The molecule has 5 heteroatoms. The molecule has 3 aromatic carbocycles. The summed E-state index contributed by atoms with van der Waals surface area (Å²) in [7, 11) is 0. The Hall–Kier alpha value is -2.89. The molecule has 2 heterocycles. The average Bonchev–Trinajstić information content (AvgIpc) is 3.13. The molecule has 5 rings (SSSR count). The zero-order valence-electron chi connectivity index (χ0n) is 19.1. The predicted molar refractivity (Wildman–Crippen MR) is 142 cm³/mol. The van der Waals surface area contributed by atoms with Gasteiger partial charge in [-0.1, -0.05) is 79.7 Å². The number of benzene rings is 3. The second-order valence-electron chi connectivity index (χ2n) is 8.42. The van der Waals surface area contributed by atoms with Gasteiger partial charge in [0.15, 0.2) is 5.16 Å². The molecule has 0 saturated carbocycles. The number of nitrogens with zero attached hydrogens (tertiary/aromatic N) is 2. The van der Waals surface area contributed by atoms with Crippen molar-refractivity contribution in [3.63, 3.8) is 0 Å². The number of aryl methyl sites for hydroxylation is 3. The molecule has 3 nitrogen and oxygen atoms in total. The lowest BCUT2D eigenvalue weighted by Gasteiger charge is -2.13. The predicted octanol–water partition coefficient (Wildman–Crippen LogP) is 7.46. The number of thiophene rings is 1. The maximum absolute atomic E-state index is 13.8. The summed E-state index contributed by atoms with van der Waals surface area (Å²) >= 11 is 3.30. The van der Waals surface area contributed by atoms with E-state index < -0.39 is 0 Å². The third kappa shape index (κ3) is 4.23. The van der Waals surface area contributed by atoms with Crippen molar-refractivity contribution in [1.82, 2.24) is 9.55 Å². The number of aromatic nitrogens is 2. The van der Waals surface area contributed by atoms with Crippen molar-refractivity contribution in [2.75, 3.05) is 0 Å². The Bertz CT molecular complexity index is 1530. The van der Waals surface area contributed by atoms with E-state index in [4.69, 9.17) is 4.98 Å². The van der Waals surface area contributed by atoms with Gasteiger partial charge in [-0.25, -0.2) is 4.98 Å². The van der Waals surface area contributed by atoms with Crippen LogP contribution in [0.2, 0.25) is 0 Å². The van der Waals surface area contributed by atoms with Crippen LogP contribution in [0.3, 0.4) is 0 Å². The number of rotatable bonds is 6. The fraction of sp³-hybridized carbons (Fsp3) is 0.214. The first kappa shape index (κ1) is 21.9. The first-order chi connectivity index (χ1) is 16.0. The lowest BCUT2D eigenvalue weighted by molar-refractivity contribution is 0.820. The van der Waals surface area contributed by atoms with Gasteiger partial charge in [-0.15, -0.1) is 11.3 Å². The van der Waals surface area contributed by atoms with Crippen molar-refractivity contribution in [3.8, 4) is 5.69 Å². The molecule has 0 spiro atoms. The van der Waals surface area contributed by atoms with E-state index in [9.17, 15) is 4.79 Å². The van der Waals surface area contributed by atoms with Crippen molar-refractivity contribution < 1.29 is 0 Å². The zero-order chi connectivity index (χ0) is 22.9. The van der Waals surface area contributed by atoms with Crippen molar-refractivity contribution in [3.05, 3.63) is 98.7 Å². The summed E-state index contributed by atoms with van der Waals surface area (Å²) in [4.78, 5) is 21.0. The SMILES string of the molecule is CCCc1sc2nc(SCc3ccc4ccccc4c3)n(-c3cccc(C)c3)c(=O)c2c1C. The van der Waals surface area contributed by atoms with Gasteiger partial charge in [0.05, 0.1) is 11.1 Å². The van der Waals surface area contributed by atoms with Crippen molar-refractivity contribution in [1.29, 1.82) is 0 Å². The largest absolute Gasteiger partial charge is 0.268 e. The molecule has 5 aromatic rings. The average molecular weight is 471 g/mol. The fourth-order valence-electron chi connectivity index (χ4n) is 4.24. The van der Waals surface area contributed by atoms with E-state index in [1.807, 2.05) is 12.1 Å². The van der Waals surface area contributed by atoms with E-state index in [0.717, 1.165) is 50.8 Å². The fourth-order valence-corrected chi connectivity index (χ4v) is 6.52. The molecule has 2 aromatic heterocycles. The highest BCUT2D eigenvalue weighted by molar-refractivity contribution is 7.98. The highest BCUT2D eigenvalue weighted by Crippen LogP contribution is 2.32. The first-order valence-corrected chi connectivity index (χ1v) is 13.1. The summed E-state index contributed by atoms with van der Waals surface area (Å²) in [6, 6.07) is 23.1. The van der Waals surface area contributed by atoms with Gasteiger partial charge in [-0.05, 0) is 59.9 Å². The molecule has 0 saturated heterocycles. The van der Waals surface area contributed by atoms with Gasteiger partial charge in [0.1, 0.15) is 4.83 Å². The molecular formula is C28H26N2OS2. The summed E-state index contributed by atoms with van der Waals surface area (Å²) in [5, 5.41) is 3.98. The van der Waals surface area contributed by atoms with Crippen LogP contribution in [0.5, 0.6) is 0 Å². The summed E-state index contributed by atoms with van der Waals surface area (Å²) in [6.07, 6.45) is 2.04. The highest BCUT2D eigenvalue weighted by Gasteiger charge is 2.19. The van der Waals surface area contributed by atoms with Gasteiger partial charge in [-0.3, -0.25) is 9.36 Å². The van der Waals surface area contributed by atoms with Crippen LogP contribution in [0.15, 0.2) is 76.7 Å². The van der Waals surface area contributed by atoms with E-state index in [1.54, 1.807) is 27.7 Å². The molecule has 166 valence electrons. The van der Waals surface area contributed by atoms with Crippen LogP contribution < -0.4 is 5.56 Å². The summed E-state index contributed by atoms with van der Waals surface area (Å²) < 4.78 is 1.80. The standard InChI is InChI=1S/C28H26N2OS2/c1-4-8-24-19(3)25-26(33-24)29-28(30(27(25)31)23-12-7-9-18(2)15-23)32-17-20-13-14-21-10-5-6-11-22(21)16-20/h5-7,9-16H,4,8,17H2,1-3H3. The second kappa shape index (κ2) is 9.16. The molecule has 0 bridgehead atoms. The van der Waals surface area contributed by atoms with Crippen molar-refractivity contribution in [2.45, 2.75) is 44.5 Å². The van der Waals surface area contributed by atoms with Gasteiger partial charge in [-0.2, -0.15) is 0 Å². The lowest BCUT2D eigenvalue weighted by atomic mass is 10.1. The Labute approximate surface area is 202 Å². The lowest BCUT2D eigenvalue weighted by Crippen LogP contribution is -2.21. The maximum Gasteiger partial charge on any atom is 0.267 e. The minimum atomic E-state index is 0.0303. The summed E-state index contributed by atoms with van der Waals surface area (Å²) in [6.45, 7) is 6.29. The molecule has 0 aliphatic heterocycles. The Morgan fingerprint density at radius 3 is 2.58 bits per heavy atom. The third-order valence-electron chi connectivity index (χ3n) is 5.95. The molecule has 0 unspecified atom stereocenters. The van der Waals surface area contributed by atoms with Crippen LogP contribution in [-0.4, -0.2) is 9.55 Å². The van der Waals surface area contributed by atoms with Gasteiger partial charge in [0.25, 0.3) is 5.56 Å². The number of hydrogen-bond donors (Lipinski definition) is 0. The van der Waals surface area contributed by atoms with Crippen LogP contribution in [0.4, 0.5) is 0 Å². The Balaban J connectivity index is 1.62. The Morgan fingerprint density at radius 2 is 1.79 bits per heavy atom. The van der Waals surface area contributed by atoms with E-state index in [-0.39, 0.29) is 5.56 Å². The number of fused-ring (bicyclic) bond motifs is 2. The Morgan fingerprint density at radius 1 is 0.970 bits per heavy atom. The van der Waals surface area contributed by atoms with E-state index >= 15 is 0 Å². The molecule has 0 atom stereocenters. The first-order valence-electron chi connectivity index (χ1n) is 11.3. The molecule has 0 aliphatic carbocycles. The maximum atomic E-state index is 13.8. The monoisotopic (exact) mass is 470 g/mol. The van der Waals surface area contributed by atoms with Crippen molar-refractivity contribution in [2.24, 2.45) is 0 Å². The summed E-state index contributed by atoms with van der Waals surface area (Å²) in [5.74, 6) is 0.751. The molecule has 0 radical (unpaired) electrons. The Kier molecular flexibility index (Phi) is 6.09. The van der Waals surface area contributed by atoms with Gasteiger partial charge >= 0.3 is 0 Å². The normalized spacial score (nSPS) is 11.5. The second-order valence-corrected chi connectivity index (χ2v) is 10.5. The zero-order valence-corrected chi connectivity index (χ0v) is 20.7. The number of hydrogen-bond acceptors (Lipinski definition) is 4. The molecule has 0 fully saturated rings. The van der Waals surface area contributed by atoms with Gasteiger partial charge < -0.3 is 0 Å². The highest BCUT2D eigenvalue weighted by atomic mass is 32.2. The van der Waals surface area contributed by atoms with Gasteiger partial charge in [0, 0.05) is 10.6 Å². The molecule has 33 heavy (non-hydrogen) atoms. The molecular weight excluding hydrogens is 444 g/mol. The smallest absolute Gasteiger partial charge is 0.267 e. The van der Waals surface area contributed by atoms with Crippen LogP contribution in [0, 0.1) is 13.8 Å². The number of thioether (sulfide) groups is 1. The minimum Gasteiger partial charge on any atom is -0.268 e. The van der Waals surface area contributed by atoms with Crippen LogP contribution in [-0.2, 0) is 12.2 Å². The van der Waals surface area contributed by atoms with Crippen molar-refractivity contribution >= 4 is 44.1 Å². The van der Waals surface area contributed by atoms with Crippen LogP contribution in [0.1, 0.15) is 34.9 Å². The molecule has 0 amide bonds.